The predicted molar refractivity (Wildman–Crippen MR) is 73.4 cm³/mol. The molecule has 106 valence electrons. The first kappa shape index (κ1) is 13.0. The molecule has 0 saturated carbocycles. The molecule has 0 radical (unpaired) electrons. The van der Waals surface area contributed by atoms with Gasteiger partial charge in [0.05, 0.1) is 29.4 Å². The van der Waals surface area contributed by atoms with Gasteiger partial charge in [-0.05, 0) is 19.1 Å². The highest BCUT2D eigenvalue weighted by molar-refractivity contribution is 5.99. The summed E-state index contributed by atoms with van der Waals surface area (Å²) < 4.78 is 6.40. The van der Waals surface area contributed by atoms with Crippen LogP contribution in [-0.2, 0) is 4.74 Å². The number of hydrogen-bond donors (Lipinski definition) is 1. The Hall–Kier alpha value is -2.96. The molecule has 7 nitrogen and oxygen atoms in total. The fourth-order valence-electron chi connectivity index (χ4n) is 2.18. The van der Waals surface area contributed by atoms with E-state index in [-0.39, 0.29) is 23.6 Å². The minimum atomic E-state index is -1.22. The first-order chi connectivity index (χ1) is 10.1. The van der Waals surface area contributed by atoms with Crippen molar-refractivity contribution in [3.8, 4) is 0 Å². The van der Waals surface area contributed by atoms with Gasteiger partial charge in [0.15, 0.2) is 5.69 Å². The van der Waals surface area contributed by atoms with E-state index in [9.17, 15) is 14.7 Å². The highest BCUT2D eigenvalue weighted by atomic mass is 16.5. The van der Waals surface area contributed by atoms with Crippen LogP contribution in [-0.4, -0.2) is 38.0 Å². The van der Waals surface area contributed by atoms with Crippen molar-refractivity contribution in [2.24, 2.45) is 0 Å². The molecule has 0 aliphatic heterocycles. The third-order valence-corrected chi connectivity index (χ3v) is 3.02. The molecule has 21 heavy (non-hydrogen) atoms. The lowest BCUT2D eigenvalue weighted by atomic mass is 10.3. The SMILES string of the molecule is CCOC(=O)c1nc(C(=O)O)c2cnc3ccccc3n12. The molecule has 0 atom stereocenters. The van der Waals surface area contributed by atoms with Crippen LogP contribution in [0.3, 0.4) is 0 Å². The summed E-state index contributed by atoms with van der Waals surface area (Å²) in [5.41, 5.74) is 1.25. The quantitative estimate of drug-likeness (QED) is 0.737. The van der Waals surface area contributed by atoms with Crippen molar-refractivity contribution in [3.63, 3.8) is 0 Å². The van der Waals surface area contributed by atoms with Crippen LogP contribution in [0.4, 0.5) is 0 Å². The number of nitrogens with zero attached hydrogens (tertiary/aromatic N) is 3. The molecular formula is C14H11N3O4. The molecule has 0 fully saturated rings. The van der Waals surface area contributed by atoms with Gasteiger partial charge in [-0.2, -0.15) is 0 Å². The fourth-order valence-corrected chi connectivity index (χ4v) is 2.18. The Kier molecular flexibility index (Phi) is 3.02. The Balaban J connectivity index is 2.42. The van der Waals surface area contributed by atoms with Gasteiger partial charge in [-0.25, -0.2) is 14.6 Å². The number of benzene rings is 1. The Morgan fingerprint density at radius 2 is 2.05 bits per heavy atom. The van der Waals surface area contributed by atoms with E-state index >= 15 is 0 Å². The minimum Gasteiger partial charge on any atom is -0.476 e. The summed E-state index contributed by atoms with van der Waals surface area (Å²) in [6.45, 7) is 1.85. The normalized spacial score (nSPS) is 10.9. The molecule has 0 aliphatic rings. The molecule has 1 N–H and O–H groups in total. The lowest BCUT2D eigenvalue weighted by Gasteiger charge is -2.04. The predicted octanol–water partition coefficient (Wildman–Crippen LogP) is 1.76. The number of aromatic nitrogens is 3. The van der Waals surface area contributed by atoms with Crippen LogP contribution in [0.5, 0.6) is 0 Å². The van der Waals surface area contributed by atoms with Gasteiger partial charge in [-0.1, -0.05) is 12.1 Å². The molecule has 3 aromatic rings. The zero-order valence-electron chi connectivity index (χ0n) is 11.1. The number of esters is 1. The molecule has 1 aromatic carbocycles. The van der Waals surface area contributed by atoms with Crippen molar-refractivity contribution in [1.82, 2.24) is 14.4 Å². The molecule has 0 unspecified atom stereocenters. The Morgan fingerprint density at radius 1 is 1.29 bits per heavy atom. The van der Waals surface area contributed by atoms with Crippen LogP contribution in [0, 0.1) is 0 Å². The monoisotopic (exact) mass is 285 g/mol. The Labute approximate surface area is 118 Å². The molecule has 0 spiro atoms. The average Bonchev–Trinajstić information content (AvgIpc) is 2.87. The second-order valence-electron chi connectivity index (χ2n) is 4.28. The number of ether oxygens (including phenoxy) is 1. The third-order valence-electron chi connectivity index (χ3n) is 3.02. The maximum Gasteiger partial charge on any atom is 0.374 e. The van der Waals surface area contributed by atoms with E-state index in [0.717, 1.165) is 0 Å². The third kappa shape index (κ3) is 1.99. The van der Waals surface area contributed by atoms with Crippen molar-refractivity contribution >= 4 is 28.5 Å². The Bertz CT molecular complexity index is 869. The standard InChI is InChI=1S/C14H11N3O4/c1-2-21-14(20)12-16-11(13(18)19)10-7-15-8-5-3-4-6-9(8)17(10)12/h3-7H,2H2,1H3,(H,18,19). The van der Waals surface area contributed by atoms with Gasteiger partial charge >= 0.3 is 11.9 Å². The smallest absolute Gasteiger partial charge is 0.374 e. The maximum absolute atomic E-state index is 12.0. The van der Waals surface area contributed by atoms with Crippen LogP contribution in [0.25, 0.3) is 16.6 Å². The first-order valence-corrected chi connectivity index (χ1v) is 6.30. The number of carbonyl (C=O) groups excluding carboxylic acids is 1. The van der Waals surface area contributed by atoms with Gasteiger partial charge in [-0.3, -0.25) is 9.38 Å². The summed E-state index contributed by atoms with van der Waals surface area (Å²) in [4.78, 5) is 31.4. The number of imidazole rings is 1. The average molecular weight is 285 g/mol. The van der Waals surface area contributed by atoms with Crippen LogP contribution >= 0.6 is 0 Å². The van der Waals surface area contributed by atoms with Gasteiger partial charge in [0, 0.05) is 0 Å². The summed E-state index contributed by atoms with van der Waals surface area (Å²) in [7, 11) is 0. The van der Waals surface area contributed by atoms with Gasteiger partial charge in [0.2, 0.25) is 5.82 Å². The second kappa shape index (κ2) is 4.86. The molecule has 7 heteroatoms. The zero-order chi connectivity index (χ0) is 15.0. The molecule has 0 saturated heterocycles. The van der Waals surface area contributed by atoms with E-state index < -0.39 is 11.9 Å². The van der Waals surface area contributed by atoms with Crippen LogP contribution in [0.15, 0.2) is 30.5 Å². The molecule has 2 aromatic heterocycles. The van der Waals surface area contributed by atoms with E-state index in [2.05, 4.69) is 9.97 Å². The van der Waals surface area contributed by atoms with Crippen molar-refractivity contribution < 1.29 is 19.4 Å². The zero-order valence-corrected chi connectivity index (χ0v) is 11.1. The second-order valence-corrected chi connectivity index (χ2v) is 4.28. The van der Waals surface area contributed by atoms with Crippen molar-refractivity contribution in [2.75, 3.05) is 6.61 Å². The van der Waals surface area contributed by atoms with Gasteiger partial charge in [0.1, 0.15) is 0 Å². The Morgan fingerprint density at radius 3 is 2.76 bits per heavy atom. The van der Waals surface area contributed by atoms with Crippen molar-refractivity contribution in [3.05, 3.63) is 42.0 Å². The maximum atomic E-state index is 12.0. The van der Waals surface area contributed by atoms with E-state index in [4.69, 9.17) is 4.74 Å². The number of carbonyl (C=O) groups is 2. The highest BCUT2D eigenvalue weighted by Crippen LogP contribution is 2.20. The number of para-hydroxylation sites is 2. The number of carboxylic acids is 1. The lowest BCUT2D eigenvalue weighted by Crippen LogP contribution is -2.10. The molecule has 3 rings (SSSR count). The molecule has 0 aliphatic carbocycles. The number of rotatable bonds is 3. The lowest BCUT2D eigenvalue weighted by molar-refractivity contribution is 0.0511. The number of fused-ring (bicyclic) bond motifs is 3. The summed E-state index contributed by atoms with van der Waals surface area (Å²) in [5.74, 6) is -1.96. The summed E-state index contributed by atoms with van der Waals surface area (Å²) >= 11 is 0. The van der Waals surface area contributed by atoms with E-state index in [1.807, 2.05) is 0 Å². The number of carboxylic acid groups (broad SMARTS) is 1. The van der Waals surface area contributed by atoms with E-state index in [0.29, 0.717) is 11.0 Å². The van der Waals surface area contributed by atoms with Gasteiger partial charge in [0.25, 0.3) is 0 Å². The molecule has 2 heterocycles. The summed E-state index contributed by atoms with van der Waals surface area (Å²) in [6, 6.07) is 7.09. The minimum absolute atomic E-state index is 0.0668. The number of hydrogen-bond acceptors (Lipinski definition) is 5. The summed E-state index contributed by atoms with van der Waals surface area (Å²) in [5, 5.41) is 9.22. The topological polar surface area (TPSA) is 93.8 Å². The highest BCUT2D eigenvalue weighted by Gasteiger charge is 2.23. The van der Waals surface area contributed by atoms with Crippen molar-refractivity contribution in [1.29, 1.82) is 0 Å². The van der Waals surface area contributed by atoms with Crippen LogP contribution in [0.2, 0.25) is 0 Å². The van der Waals surface area contributed by atoms with Crippen LogP contribution in [0.1, 0.15) is 28.0 Å². The van der Waals surface area contributed by atoms with Crippen LogP contribution < -0.4 is 0 Å². The largest absolute Gasteiger partial charge is 0.476 e. The van der Waals surface area contributed by atoms with E-state index in [1.54, 1.807) is 31.2 Å². The molecule has 0 bridgehead atoms. The fraction of sp³-hybridized carbons (Fsp3) is 0.143. The van der Waals surface area contributed by atoms with E-state index in [1.165, 1.54) is 10.6 Å². The van der Waals surface area contributed by atoms with Gasteiger partial charge < -0.3 is 9.84 Å². The molecule has 0 amide bonds. The van der Waals surface area contributed by atoms with Gasteiger partial charge in [-0.15, -0.1) is 0 Å². The first-order valence-electron chi connectivity index (χ1n) is 6.30. The summed E-state index contributed by atoms with van der Waals surface area (Å²) in [6.07, 6.45) is 1.39. The molecular weight excluding hydrogens is 274 g/mol. The van der Waals surface area contributed by atoms with Crippen molar-refractivity contribution in [2.45, 2.75) is 6.92 Å². The number of aromatic carboxylic acids is 1.